The van der Waals surface area contributed by atoms with Gasteiger partial charge < -0.3 is 0 Å². The number of hydrogen-bond acceptors (Lipinski definition) is 1. The second-order valence-corrected chi connectivity index (χ2v) is 10.3. The summed E-state index contributed by atoms with van der Waals surface area (Å²) in [5.74, 6) is 0. The molecule has 0 spiro atoms. The minimum atomic E-state index is 1.24. The maximum absolute atomic E-state index is 2.29. The summed E-state index contributed by atoms with van der Waals surface area (Å²) in [6.07, 6.45) is 0. The predicted octanol–water partition coefficient (Wildman–Crippen LogP) is 10.7. The van der Waals surface area contributed by atoms with Crippen LogP contribution in [-0.4, -0.2) is 0 Å². The summed E-state index contributed by atoms with van der Waals surface area (Å²) >= 11 is 1.91. The van der Waals surface area contributed by atoms with Crippen molar-refractivity contribution in [2.45, 2.75) is 0 Å². The summed E-state index contributed by atoms with van der Waals surface area (Å²) in [6.45, 7) is 0. The molecule has 174 valence electrons. The summed E-state index contributed by atoms with van der Waals surface area (Å²) < 4.78 is 0. The van der Waals surface area contributed by atoms with Gasteiger partial charge in [-0.05, 0) is 33.0 Å². The minimum Gasteiger partial charge on any atom is -0.134 e. The van der Waals surface area contributed by atoms with Gasteiger partial charge in [0.25, 0.3) is 0 Å². The van der Waals surface area contributed by atoms with Crippen LogP contribution in [0.4, 0.5) is 0 Å². The third kappa shape index (κ3) is 3.76. The van der Waals surface area contributed by atoms with Gasteiger partial charge in [0.2, 0.25) is 0 Å². The zero-order chi connectivity index (χ0) is 24.6. The normalized spacial score (nSPS) is 11.2. The van der Waals surface area contributed by atoms with Crippen molar-refractivity contribution in [1.82, 2.24) is 0 Å². The van der Waals surface area contributed by atoms with Gasteiger partial charge in [-0.15, -0.1) is 11.3 Å². The molecule has 0 radical (unpaired) electrons. The smallest absolute Gasteiger partial charge is 0.0440 e. The number of rotatable bonds is 4. The van der Waals surface area contributed by atoms with Crippen molar-refractivity contribution in [2.75, 3.05) is 0 Å². The molecule has 0 aliphatic rings. The van der Waals surface area contributed by atoms with Crippen molar-refractivity contribution in [3.63, 3.8) is 0 Å². The molecule has 1 heterocycles. The van der Waals surface area contributed by atoms with E-state index in [1.165, 1.54) is 64.7 Å². The Hall–Kier alpha value is -4.46. The first-order valence-corrected chi connectivity index (χ1v) is 13.4. The van der Waals surface area contributed by atoms with Gasteiger partial charge in [0.05, 0.1) is 0 Å². The summed E-state index contributed by atoms with van der Waals surface area (Å²) in [7, 11) is 0. The maximum atomic E-state index is 2.29. The van der Waals surface area contributed by atoms with Gasteiger partial charge in [0.15, 0.2) is 0 Å². The SMILES string of the molecule is c1ccc(-c2ccccc2-c2sc(-c3c(-c4ccccc4)ccc4ccccc34)c3ccccc23)cc1. The lowest BCUT2D eigenvalue weighted by molar-refractivity contribution is 1.62. The van der Waals surface area contributed by atoms with E-state index in [1.54, 1.807) is 0 Å². The molecular weight excluding hydrogens is 464 g/mol. The van der Waals surface area contributed by atoms with Crippen LogP contribution in [0.3, 0.4) is 0 Å². The van der Waals surface area contributed by atoms with Crippen molar-refractivity contribution >= 4 is 32.9 Å². The molecule has 0 unspecified atom stereocenters. The van der Waals surface area contributed by atoms with E-state index < -0.39 is 0 Å². The standard InChI is InChI=1S/C36H24S/c1-3-13-25(14-4-1)28-18-9-10-20-31(28)35-32-21-11-12-22-33(32)36(37-35)34-29-19-8-7-17-27(29)23-24-30(34)26-15-5-2-6-16-26/h1-24H. The molecule has 1 heteroatoms. The predicted molar refractivity (Wildman–Crippen MR) is 161 cm³/mol. The van der Waals surface area contributed by atoms with Gasteiger partial charge in [-0.25, -0.2) is 0 Å². The molecule has 1 aromatic heterocycles. The van der Waals surface area contributed by atoms with E-state index in [0.29, 0.717) is 0 Å². The lowest BCUT2D eigenvalue weighted by Gasteiger charge is -2.13. The zero-order valence-electron chi connectivity index (χ0n) is 20.3. The Morgan fingerprint density at radius 1 is 0.324 bits per heavy atom. The molecule has 37 heavy (non-hydrogen) atoms. The highest BCUT2D eigenvalue weighted by molar-refractivity contribution is 7.21. The average molecular weight is 489 g/mol. The monoisotopic (exact) mass is 488 g/mol. The maximum Gasteiger partial charge on any atom is 0.0440 e. The Kier molecular flexibility index (Phi) is 5.42. The van der Waals surface area contributed by atoms with Crippen molar-refractivity contribution in [3.05, 3.63) is 146 Å². The first-order chi connectivity index (χ1) is 18.4. The van der Waals surface area contributed by atoms with Gasteiger partial charge >= 0.3 is 0 Å². The Bertz CT molecular complexity index is 1860. The molecule has 0 N–H and O–H groups in total. The van der Waals surface area contributed by atoms with E-state index in [2.05, 4.69) is 146 Å². The number of thiophene rings is 1. The molecule has 0 aliphatic heterocycles. The summed E-state index contributed by atoms with van der Waals surface area (Å²) in [5.41, 5.74) is 7.62. The lowest BCUT2D eigenvalue weighted by atomic mass is 9.91. The van der Waals surface area contributed by atoms with Crippen molar-refractivity contribution < 1.29 is 0 Å². The van der Waals surface area contributed by atoms with Gasteiger partial charge in [-0.2, -0.15) is 0 Å². The first-order valence-electron chi connectivity index (χ1n) is 12.6. The molecule has 0 aliphatic carbocycles. The molecule has 7 aromatic rings. The molecular formula is C36H24S. The summed E-state index contributed by atoms with van der Waals surface area (Å²) in [5, 5.41) is 5.16. The van der Waals surface area contributed by atoms with Crippen molar-refractivity contribution in [3.8, 4) is 43.1 Å². The molecule has 7 rings (SSSR count). The molecule has 0 nitrogen and oxygen atoms in total. The van der Waals surface area contributed by atoms with E-state index >= 15 is 0 Å². The topological polar surface area (TPSA) is 0 Å². The van der Waals surface area contributed by atoms with E-state index in [9.17, 15) is 0 Å². The Morgan fingerprint density at radius 3 is 1.54 bits per heavy atom. The Labute approximate surface area is 221 Å². The van der Waals surface area contributed by atoms with E-state index in [1.807, 2.05) is 11.3 Å². The minimum absolute atomic E-state index is 1.24. The van der Waals surface area contributed by atoms with Crippen LogP contribution in [0, 0.1) is 0 Å². The van der Waals surface area contributed by atoms with Crippen molar-refractivity contribution in [1.29, 1.82) is 0 Å². The molecule has 0 saturated heterocycles. The van der Waals surface area contributed by atoms with Crippen LogP contribution < -0.4 is 0 Å². The third-order valence-electron chi connectivity index (χ3n) is 7.12. The van der Waals surface area contributed by atoms with Gasteiger partial charge in [-0.3, -0.25) is 0 Å². The molecule has 0 fully saturated rings. The van der Waals surface area contributed by atoms with Crippen molar-refractivity contribution in [2.24, 2.45) is 0 Å². The highest BCUT2D eigenvalue weighted by atomic mass is 32.1. The molecule has 0 atom stereocenters. The van der Waals surface area contributed by atoms with E-state index in [4.69, 9.17) is 0 Å². The quantitative estimate of drug-likeness (QED) is 0.231. The molecule has 0 amide bonds. The number of benzene rings is 6. The average Bonchev–Trinajstić information content (AvgIpc) is 3.36. The summed E-state index contributed by atoms with van der Waals surface area (Å²) in [6, 6.07) is 52.5. The highest BCUT2D eigenvalue weighted by Gasteiger charge is 2.20. The van der Waals surface area contributed by atoms with E-state index in [0.717, 1.165) is 0 Å². The molecule has 6 aromatic carbocycles. The van der Waals surface area contributed by atoms with Gasteiger partial charge in [0.1, 0.15) is 0 Å². The molecule has 0 saturated carbocycles. The second kappa shape index (κ2) is 9.20. The van der Waals surface area contributed by atoms with Crippen LogP contribution in [0.1, 0.15) is 0 Å². The van der Waals surface area contributed by atoms with Crippen LogP contribution in [0.15, 0.2) is 146 Å². The third-order valence-corrected chi connectivity index (χ3v) is 8.39. The fraction of sp³-hybridized carbons (Fsp3) is 0. The lowest BCUT2D eigenvalue weighted by Crippen LogP contribution is -1.86. The van der Waals surface area contributed by atoms with Crippen LogP contribution in [-0.2, 0) is 0 Å². The van der Waals surface area contributed by atoms with Gasteiger partial charge in [-0.1, -0.05) is 146 Å². The fourth-order valence-corrected chi connectivity index (χ4v) is 6.79. The van der Waals surface area contributed by atoms with E-state index in [-0.39, 0.29) is 0 Å². The Morgan fingerprint density at radius 2 is 0.838 bits per heavy atom. The first kappa shape index (κ1) is 21.8. The second-order valence-electron chi connectivity index (χ2n) is 9.29. The van der Waals surface area contributed by atoms with Crippen LogP contribution in [0.2, 0.25) is 0 Å². The fourth-order valence-electron chi connectivity index (χ4n) is 5.40. The van der Waals surface area contributed by atoms with Crippen LogP contribution in [0.5, 0.6) is 0 Å². The largest absolute Gasteiger partial charge is 0.134 e. The van der Waals surface area contributed by atoms with Gasteiger partial charge in [0, 0.05) is 31.7 Å². The number of fused-ring (bicyclic) bond motifs is 2. The molecule has 0 bridgehead atoms. The van der Waals surface area contributed by atoms with Crippen LogP contribution in [0.25, 0.3) is 64.7 Å². The highest BCUT2D eigenvalue weighted by Crippen LogP contribution is 2.50. The Balaban J connectivity index is 1.56. The summed E-state index contributed by atoms with van der Waals surface area (Å²) in [4.78, 5) is 2.64. The number of hydrogen-bond donors (Lipinski definition) is 0. The zero-order valence-corrected chi connectivity index (χ0v) is 21.1. The van der Waals surface area contributed by atoms with Crippen LogP contribution >= 0.6 is 11.3 Å².